The SMILES string of the molecule is COC(=O)[C@H]1CC[C@@H]2OC(C(Cl)(Cl)Cl)=N[C@@H]21. The van der Waals surface area contributed by atoms with Crippen molar-refractivity contribution in [1.29, 1.82) is 0 Å². The van der Waals surface area contributed by atoms with Crippen molar-refractivity contribution < 1.29 is 14.3 Å². The van der Waals surface area contributed by atoms with E-state index in [1.54, 1.807) is 0 Å². The van der Waals surface area contributed by atoms with Crippen LogP contribution in [0.15, 0.2) is 4.99 Å². The summed E-state index contributed by atoms with van der Waals surface area (Å²) in [5.41, 5.74) is 0. The Balaban J connectivity index is 2.16. The van der Waals surface area contributed by atoms with Gasteiger partial charge in [-0.05, 0) is 12.8 Å². The lowest BCUT2D eigenvalue weighted by molar-refractivity contribution is -0.145. The standard InChI is InChI=1S/C9H10Cl3NO3/c1-15-7(14)4-2-3-5-6(4)13-8(16-5)9(10,11)12/h4-6H,2-3H2,1H3/t4-,5-,6+/m0/s1. The van der Waals surface area contributed by atoms with Gasteiger partial charge in [0.15, 0.2) is 0 Å². The van der Waals surface area contributed by atoms with Crippen molar-refractivity contribution >= 4 is 46.7 Å². The van der Waals surface area contributed by atoms with E-state index >= 15 is 0 Å². The number of nitrogens with zero attached hydrogens (tertiary/aromatic N) is 1. The Morgan fingerprint density at radius 1 is 1.50 bits per heavy atom. The van der Waals surface area contributed by atoms with Crippen LogP contribution in [0, 0.1) is 5.92 Å². The Bertz CT molecular complexity index is 339. The Morgan fingerprint density at radius 2 is 2.19 bits per heavy atom. The van der Waals surface area contributed by atoms with Crippen LogP contribution in [-0.2, 0) is 14.3 Å². The number of carbonyl (C=O) groups excluding carboxylic acids is 1. The van der Waals surface area contributed by atoms with Crippen LogP contribution in [0.1, 0.15) is 12.8 Å². The number of hydrogen-bond donors (Lipinski definition) is 0. The molecule has 7 heteroatoms. The zero-order valence-corrected chi connectivity index (χ0v) is 10.7. The van der Waals surface area contributed by atoms with E-state index in [1.165, 1.54) is 7.11 Å². The number of halogens is 3. The highest BCUT2D eigenvalue weighted by molar-refractivity contribution is 6.76. The minimum atomic E-state index is -1.66. The molecule has 2 rings (SSSR count). The van der Waals surface area contributed by atoms with E-state index < -0.39 is 3.79 Å². The number of carbonyl (C=O) groups is 1. The number of esters is 1. The molecule has 1 aliphatic heterocycles. The second-order valence-corrected chi connectivity index (χ2v) is 6.07. The zero-order valence-electron chi connectivity index (χ0n) is 8.45. The smallest absolute Gasteiger partial charge is 0.310 e. The lowest BCUT2D eigenvalue weighted by Gasteiger charge is -2.13. The molecule has 0 N–H and O–H groups in total. The van der Waals surface area contributed by atoms with Gasteiger partial charge in [-0.3, -0.25) is 4.79 Å². The van der Waals surface area contributed by atoms with E-state index in [-0.39, 0.29) is 29.9 Å². The zero-order chi connectivity index (χ0) is 11.9. The highest BCUT2D eigenvalue weighted by atomic mass is 35.6. The first-order chi connectivity index (χ1) is 7.43. The summed E-state index contributed by atoms with van der Waals surface area (Å²) < 4.78 is 8.46. The van der Waals surface area contributed by atoms with Crippen molar-refractivity contribution in [2.24, 2.45) is 10.9 Å². The number of rotatable bonds is 1. The van der Waals surface area contributed by atoms with Crippen LogP contribution in [-0.4, -0.2) is 34.9 Å². The maximum absolute atomic E-state index is 11.5. The molecule has 0 radical (unpaired) electrons. The van der Waals surface area contributed by atoms with E-state index in [0.29, 0.717) is 6.42 Å². The Kier molecular flexibility index (Phi) is 3.25. The minimum absolute atomic E-state index is 0.0705. The van der Waals surface area contributed by atoms with Crippen LogP contribution in [0.2, 0.25) is 0 Å². The molecule has 1 saturated carbocycles. The third kappa shape index (κ3) is 2.11. The highest BCUT2D eigenvalue weighted by Crippen LogP contribution is 2.40. The summed E-state index contributed by atoms with van der Waals surface area (Å²) in [5, 5.41) is 0. The predicted octanol–water partition coefficient (Wildman–Crippen LogP) is 2.11. The lowest BCUT2D eigenvalue weighted by Crippen LogP contribution is -2.27. The first kappa shape index (κ1) is 12.3. The summed E-state index contributed by atoms with van der Waals surface area (Å²) in [6.45, 7) is 0. The van der Waals surface area contributed by atoms with Crippen molar-refractivity contribution in [3.63, 3.8) is 0 Å². The van der Waals surface area contributed by atoms with E-state index in [4.69, 9.17) is 44.3 Å². The molecule has 0 aromatic rings. The van der Waals surface area contributed by atoms with Gasteiger partial charge in [-0.2, -0.15) is 0 Å². The van der Waals surface area contributed by atoms with Crippen LogP contribution >= 0.6 is 34.8 Å². The molecular weight excluding hydrogens is 276 g/mol. The second-order valence-electron chi connectivity index (χ2n) is 3.79. The van der Waals surface area contributed by atoms with E-state index in [1.807, 2.05) is 0 Å². The van der Waals surface area contributed by atoms with Gasteiger partial charge in [0.25, 0.3) is 3.79 Å². The maximum atomic E-state index is 11.5. The summed E-state index contributed by atoms with van der Waals surface area (Å²) in [4.78, 5) is 15.6. The summed E-state index contributed by atoms with van der Waals surface area (Å²) >= 11 is 17.0. The molecule has 90 valence electrons. The molecule has 0 aromatic heterocycles. The summed E-state index contributed by atoms with van der Waals surface area (Å²) in [6.07, 6.45) is 1.24. The van der Waals surface area contributed by atoms with E-state index in [0.717, 1.165) is 6.42 Å². The third-order valence-corrected chi connectivity index (χ3v) is 3.32. The number of alkyl halides is 3. The molecule has 0 saturated heterocycles. The molecule has 16 heavy (non-hydrogen) atoms. The molecule has 2 aliphatic rings. The molecule has 1 fully saturated rings. The minimum Gasteiger partial charge on any atom is -0.472 e. The molecule has 1 heterocycles. The van der Waals surface area contributed by atoms with Gasteiger partial charge in [-0.25, -0.2) is 4.99 Å². The van der Waals surface area contributed by atoms with Crippen LogP contribution in [0.4, 0.5) is 0 Å². The average molecular weight is 287 g/mol. The number of hydrogen-bond acceptors (Lipinski definition) is 4. The predicted molar refractivity (Wildman–Crippen MR) is 61.1 cm³/mol. The number of methoxy groups -OCH3 is 1. The van der Waals surface area contributed by atoms with Crippen molar-refractivity contribution in [2.45, 2.75) is 28.8 Å². The van der Waals surface area contributed by atoms with Crippen molar-refractivity contribution in [3.05, 3.63) is 0 Å². The number of aliphatic imine (C=N–C) groups is 1. The van der Waals surface area contributed by atoms with E-state index in [2.05, 4.69) is 4.99 Å². The number of ether oxygens (including phenoxy) is 2. The lowest BCUT2D eigenvalue weighted by atomic mass is 10.0. The molecule has 0 unspecified atom stereocenters. The van der Waals surface area contributed by atoms with Gasteiger partial charge in [-0.1, -0.05) is 34.8 Å². The van der Waals surface area contributed by atoms with E-state index in [9.17, 15) is 4.79 Å². The molecule has 1 aliphatic carbocycles. The van der Waals surface area contributed by atoms with Gasteiger partial charge in [0, 0.05) is 0 Å². The fourth-order valence-electron chi connectivity index (χ4n) is 2.10. The number of fused-ring (bicyclic) bond motifs is 1. The normalized spacial score (nSPS) is 33.0. The molecular formula is C9H10Cl3NO3. The Hall–Kier alpha value is -0.190. The van der Waals surface area contributed by atoms with Gasteiger partial charge in [0.05, 0.1) is 13.0 Å². The third-order valence-electron chi connectivity index (χ3n) is 2.83. The van der Waals surface area contributed by atoms with Gasteiger partial charge in [0.2, 0.25) is 5.90 Å². The second kappa shape index (κ2) is 4.24. The topological polar surface area (TPSA) is 47.9 Å². The molecule has 4 nitrogen and oxygen atoms in total. The summed E-state index contributed by atoms with van der Waals surface area (Å²) in [7, 11) is 1.35. The fraction of sp³-hybridized carbons (Fsp3) is 0.778. The van der Waals surface area contributed by atoms with Crippen molar-refractivity contribution in [1.82, 2.24) is 0 Å². The van der Waals surface area contributed by atoms with Crippen LogP contribution < -0.4 is 0 Å². The Labute approximate surface area is 108 Å². The molecule has 3 atom stereocenters. The van der Waals surface area contributed by atoms with Crippen molar-refractivity contribution in [2.75, 3.05) is 7.11 Å². The summed E-state index contributed by atoms with van der Waals surface area (Å²) in [5.74, 6) is -0.508. The monoisotopic (exact) mass is 285 g/mol. The fourth-order valence-corrected chi connectivity index (χ4v) is 2.38. The first-order valence-corrected chi connectivity index (χ1v) is 5.96. The van der Waals surface area contributed by atoms with Crippen LogP contribution in [0.5, 0.6) is 0 Å². The molecule has 0 aromatic carbocycles. The van der Waals surface area contributed by atoms with Gasteiger partial charge in [-0.15, -0.1) is 0 Å². The van der Waals surface area contributed by atoms with Gasteiger partial charge >= 0.3 is 5.97 Å². The van der Waals surface area contributed by atoms with Crippen molar-refractivity contribution in [3.8, 4) is 0 Å². The van der Waals surface area contributed by atoms with Crippen LogP contribution in [0.3, 0.4) is 0 Å². The largest absolute Gasteiger partial charge is 0.472 e. The molecule has 0 amide bonds. The van der Waals surface area contributed by atoms with Gasteiger partial charge in [0.1, 0.15) is 12.1 Å². The maximum Gasteiger partial charge on any atom is 0.310 e. The molecule has 0 bridgehead atoms. The highest BCUT2D eigenvalue weighted by Gasteiger charge is 2.49. The van der Waals surface area contributed by atoms with Crippen LogP contribution in [0.25, 0.3) is 0 Å². The molecule has 0 spiro atoms. The quantitative estimate of drug-likeness (QED) is 0.548. The first-order valence-electron chi connectivity index (χ1n) is 4.83. The average Bonchev–Trinajstić information content (AvgIpc) is 2.73. The summed E-state index contributed by atoms with van der Waals surface area (Å²) in [6, 6.07) is -0.280. The Morgan fingerprint density at radius 3 is 2.75 bits per heavy atom. The van der Waals surface area contributed by atoms with Gasteiger partial charge < -0.3 is 9.47 Å².